The third-order valence-electron chi connectivity index (χ3n) is 0.955. The molecule has 0 saturated carbocycles. The molecule has 0 aromatic rings. The van der Waals surface area contributed by atoms with E-state index < -0.39 is 0 Å². The number of alkyl halides is 2. The lowest BCUT2D eigenvalue weighted by Gasteiger charge is -1.99. The first kappa shape index (κ1) is 6.43. The van der Waals surface area contributed by atoms with Gasteiger partial charge in [0.25, 0.3) is 0 Å². The van der Waals surface area contributed by atoms with Crippen molar-refractivity contribution in [2.75, 3.05) is 5.75 Å². The Balaban J connectivity index is 2.33. The van der Waals surface area contributed by atoms with Crippen molar-refractivity contribution in [2.24, 2.45) is 0 Å². The predicted molar refractivity (Wildman–Crippen MR) is 42.5 cm³/mol. The van der Waals surface area contributed by atoms with Crippen molar-refractivity contribution in [1.82, 2.24) is 0 Å². The monoisotopic (exact) mass is 244 g/mol. The molecule has 2 atom stereocenters. The van der Waals surface area contributed by atoms with Crippen LogP contribution in [0.4, 0.5) is 0 Å². The minimum atomic E-state index is 0.660. The minimum absolute atomic E-state index is 0.660. The van der Waals surface area contributed by atoms with Gasteiger partial charge in [0.15, 0.2) is 0 Å². The van der Waals surface area contributed by atoms with Gasteiger partial charge >= 0.3 is 0 Å². The van der Waals surface area contributed by atoms with E-state index in [1.54, 1.807) is 0 Å². The summed E-state index contributed by atoms with van der Waals surface area (Å²) in [6.45, 7) is 0. The Bertz CT molecular complexity index is 58.7. The third-order valence-corrected chi connectivity index (χ3v) is 5.55. The zero-order chi connectivity index (χ0) is 5.28. The third kappa shape index (κ3) is 1.61. The lowest BCUT2D eigenvalue weighted by atomic mass is 10.4. The maximum Gasteiger partial charge on any atom is 0.0725 e. The van der Waals surface area contributed by atoms with Crippen LogP contribution < -0.4 is 0 Å². The fraction of sp³-hybridized carbons (Fsp3) is 1.00. The SMILES string of the molecule is BrC1CCSC1Br. The predicted octanol–water partition coefficient (Wildman–Crippen LogP) is 2.61. The molecule has 2 unspecified atom stereocenters. The molecular weight excluding hydrogens is 240 g/mol. The number of thioether (sulfide) groups is 1. The van der Waals surface area contributed by atoms with Gasteiger partial charge in [-0.3, -0.25) is 0 Å². The smallest absolute Gasteiger partial charge is 0.0725 e. The molecule has 0 bridgehead atoms. The molecule has 0 radical (unpaired) electrons. The Labute approximate surface area is 64.7 Å². The van der Waals surface area contributed by atoms with Gasteiger partial charge in [-0.25, -0.2) is 0 Å². The number of rotatable bonds is 0. The number of hydrogen-bond donors (Lipinski definition) is 0. The van der Waals surface area contributed by atoms with E-state index in [-0.39, 0.29) is 0 Å². The molecule has 1 heterocycles. The molecule has 0 aromatic heterocycles. The van der Waals surface area contributed by atoms with Crippen molar-refractivity contribution in [3.8, 4) is 0 Å². The summed E-state index contributed by atoms with van der Waals surface area (Å²) in [5.41, 5.74) is 0. The van der Waals surface area contributed by atoms with Gasteiger partial charge in [-0.2, -0.15) is 0 Å². The summed E-state index contributed by atoms with van der Waals surface area (Å²) in [5, 5.41) is 0. The molecule has 1 aliphatic rings. The molecule has 1 fully saturated rings. The molecule has 0 aromatic carbocycles. The molecular formula is C4H6Br2S. The summed E-state index contributed by atoms with van der Waals surface area (Å²) in [6, 6.07) is 0. The van der Waals surface area contributed by atoms with Crippen molar-refractivity contribution in [2.45, 2.75) is 15.4 Å². The molecule has 7 heavy (non-hydrogen) atoms. The summed E-state index contributed by atoms with van der Waals surface area (Å²) >= 11 is 9.03. The topological polar surface area (TPSA) is 0 Å². The molecule has 0 spiro atoms. The van der Waals surface area contributed by atoms with Crippen LogP contribution in [0.1, 0.15) is 6.42 Å². The van der Waals surface area contributed by atoms with Gasteiger partial charge in [0, 0.05) is 4.83 Å². The van der Waals surface area contributed by atoms with Crippen LogP contribution in [0, 0.1) is 0 Å². The largest absolute Gasteiger partial charge is 0.146 e. The van der Waals surface area contributed by atoms with Crippen LogP contribution in [0.15, 0.2) is 0 Å². The van der Waals surface area contributed by atoms with Crippen LogP contribution in [-0.4, -0.2) is 14.7 Å². The molecule has 42 valence electrons. The first-order valence-corrected chi connectivity index (χ1v) is 5.08. The van der Waals surface area contributed by atoms with Crippen molar-refractivity contribution < 1.29 is 0 Å². The van der Waals surface area contributed by atoms with Crippen LogP contribution in [-0.2, 0) is 0 Å². The zero-order valence-electron chi connectivity index (χ0n) is 3.73. The average molecular weight is 246 g/mol. The average Bonchev–Trinajstić information content (AvgIpc) is 1.91. The normalized spacial score (nSPS) is 42.0. The summed E-state index contributed by atoms with van der Waals surface area (Å²) < 4.78 is 0.660. The van der Waals surface area contributed by atoms with Gasteiger partial charge in [-0.1, -0.05) is 31.9 Å². The zero-order valence-corrected chi connectivity index (χ0v) is 7.72. The van der Waals surface area contributed by atoms with E-state index >= 15 is 0 Å². The molecule has 0 amide bonds. The highest BCUT2D eigenvalue weighted by molar-refractivity contribution is 9.13. The summed E-state index contributed by atoms with van der Waals surface area (Å²) in [5.74, 6) is 1.30. The molecule has 1 rings (SSSR count). The second kappa shape index (κ2) is 2.74. The van der Waals surface area contributed by atoms with Crippen molar-refractivity contribution in [3.05, 3.63) is 0 Å². The maximum atomic E-state index is 3.54. The van der Waals surface area contributed by atoms with E-state index in [2.05, 4.69) is 31.9 Å². The van der Waals surface area contributed by atoms with E-state index in [0.29, 0.717) is 8.99 Å². The van der Waals surface area contributed by atoms with E-state index in [1.165, 1.54) is 12.2 Å². The lowest BCUT2D eigenvalue weighted by molar-refractivity contribution is 0.969. The van der Waals surface area contributed by atoms with Crippen LogP contribution in [0.2, 0.25) is 0 Å². The van der Waals surface area contributed by atoms with Gasteiger partial charge in [0.05, 0.1) is 4.16 Å². The van der Waals surface area contributed by atoms with Crippen LogP contribution in [0.5, 0.6) is 0 Å². The first-order valence-electron chi connectivity index (χ1n) is 2.20. The molecule has 0 aliphatic carbocycles. The van der Waals surface area contributed by atoms with Crippen molar-refractivity contribution in [1.29, 1.82) is 0 Å². The Morgan fingerprint density at radius 1 is 1.43 bits per heavy atom. The van der Waals surface area contributed by atoms with E-state index in [1.807, 2.05) is 11.8 Å². The molecule has 1 aliphatic heterocycles. The minimum Gasteiger partial charge on any atom is -0.146 e. The Kier molecular flexibility index (Phi) is 2.52. The van der Waals surface area contributed by atoms with Crippen LogP contribution >= 0.6 is 43.6 Å². The van der Waals surface area contributed by atoms with E-state index in [0.717, 1.165) is 0 Å². The summed E-state index contributed by atoms with van der Waals surface area (Å²) in [6.07, 6.45) is 1.31. The first-order chi connectivity index (χ1) is 3.30. The van der Waals surface area contributed by atoms with Gasteiger partial charge in [0.2, 0.25) is 0 Å². The summed E-state index contributed by atoms with van der Waals surface area (Å²) in [7, 11) is 0. The quantitative estimate of drug-likeness (QED) is 0.592. The van der Waals surface area contributed by atoms with Crippen molar-refractivity contribution in [3.63, 3.8) is 0 Å². The molecule has 1 saturated heterocycles. The molecule has 3 heteroatoms. The molecule has 0 N–H and O–H groups in total. The van der Waals surface area contributed by atoms with Crippen molar-refractivity contribution >= 4 is 43.6 Å². The second-order valence-corrected chi connectivity index (χ2v) is 5.54. The van der Waals surface area contributed by atoms with E-state index in [4.69, 9.17) is 0 Å². The lowest BCUT2D eigenvalue weighted by Crippen LogP contribution is -1.99. The Hall–Kier alpha value is 1.31. The van der Waals surface area contributed by atoms with Gasteiger partial charge in [-0.05, 0) is 12.2 Å². The highest BCUT2D eigenvalue weighted by Crippen LogP contribution is 2.35. The highest BCUT2D eigenvalue weighted by Gasteiger charge is 2.21. The number of hydrogen-bond acceptors (Lipinski definition) is 1. The number of halogens is 2. The van der Waals surface area contributed by atoms with E-state index in [9.17, 15) is 0 Å². The highest BCUT2D eigenvalue weighted by atomic mass is 79.9. The van der Waals surface area contributed by atoms with Gasteiger partial charge < -0.3 is 0 Å². The second-order valence-electron chi connectivity index (χ2n) is 1.53. The van der Waals surface area contributed by atoms with Gasteiger partial charge in [0.1, 0.15) is 0 Å². The standard InChI is InChI=1S/C4H6Br2S/c5-3-1-2-7-4(3)6/h3-4H,1-2H2. The summed E-state index contributed by atoms with van der Waals surface area (Å²) in [4.78, 5) is 0.706. The van der Waals surface area contributed by atoms with Gasteiger partial charge in [-0.15, -0.1) is 11.8 Å². The maximum absolute atomic E-state index is 3.54. The molecule has 0 nitrogen and oxygen atoms in total. The Morgan fingerprint density at radius 3 is 2.29 bits per heavy atom. The fourth-order valence-electron chi connectivity index (χ4n) is 0.529. The van der Waals surface area contributed by atoms with Crippen LogP contribution in [0.25, 0.3) is 0 Å². The Morgan fingerprint density at radius 2 is 2.14 bits per heavy atom. The fourth-order valence-corrected chi connectivity index (χ4v) is 3.30. The van der Waals surface area contributed by atoms with Crippen LogP contribution in [0.3, 0.4) is 0 Å².